The Balaban J connectivity index is 2.31. The van der Waals surface area contributed by atoms with Gasteiger partial charge in [-0.15, -0.1) is 0 Å². The molecule has 0 aliphatic heterocycles. The number of unbranched alkanes of at least 4 members (excludes halogenated alkanes) is 1. The van der Waals surface area contributed by atoms with E-state index in [1.54, 1.807) is 0 Å². The Morgan fingerprint density at radius 1 is 1.16 bits per heavy atom. The van der Waals surface area contributed by atoms with Crippen molar-refractivity contribution in [2.45, 2.75) is 45.6 Å². The van der Waals surface area contributed by atoms with E-state index >= 15 is 0 Å². The van der Waals surface area contributed by atoms with E-state index < -0.39 is 0 Å². The summed E-state index contributed by atoms with van der Waals surface area (Å²) in [5.74, 6) is 0. The predicted octanol–water partition coefficient (Wildman–Crippen LogP) is 4.47. The first-order valence-corrected chi connectivity index (χ1v) is 7.42. The van der Waals surface area contributed by atoms with E-state index in [0.717, 1.165) is 6.54 Å². The molecule has 0 spiro atoms. The van der Waals surface area contributed by atoms with Gasteiger partial charge in [-0.2, -0.15) is 0 Å². The molecule has 2 aromatic rings. The average Bonchev–Trinajstić information content (AvgIpc) is 2.47. The van der Waals surface area contributed by atoms with Crippen molar-refractivity contribution >= 4 is 10.8 Å². The number of benzene rings is 1. The molecule has 0 radical (unpaired) electrons. The van der Waals surface area contributed by atoms with Crippen LogP contribution in [0.2, 0.25) is 0 Å². The molecule has 0 aliphatic carbocycles. The smallest absolute Gasteiger partial charge is 0.0346 e. The molecule has 2 heteroatoms. The number of aromatic nitrogens is 1. The summed E-state index contributed by atoms with van der Waals surface area (Å²) in [7, 11) is 0. The number of nitrogens with one attached hydrogen (secondary N) is 1. The SMILES string of the molecule is CCCCC(NCCC)c1cccc2cnccc12. The topological polar surface area (TPSA) is 24.9 Å². The van der Waals surface area contributed by atoms with Gasteiger partial charge in [0.25, 0.3) is 0 Å². The molecular formula is C17H24N2. The highest BCUT2D eigenvalue weighted by Crippen LogP contribution is 2.27. The maximum atomic E-state index is 4.22. The maximum absolute atomic E-state index is 4.22. The third kappa shape index (κ3) is 3.54. The lowest BCUT2D eigenvalue weighted by Gasteiger charge is -2.20. The molecule has 2 rings (SSSR count). The van der Waals surface area contributed by atoms with Crippen LogP contribution in [0.1, 0.15) is 51.1 Å². The van der Waals surface area contributed by atoms with Gasteiger partial charge in [0.2, 0.25) is 0 Å². The van der Waals surface area contributed by atoms with E-state index in [0.29, 0.717) is 6.04 Å². The van der Waals surface area contributed by atoms with Gasteiger partial charge in [0, 0.05) is 23.8 Å². The van der Waals surface area contributed by atoms with E-state index in [4.69, 9.17) is 0 Å². The molecule has 1 unspecified atom stereocenters. The van der Waals surface area contributed by atoms with Crippen LogP contribution in [0, 0.1) is 0 Å². The largest absolute Gasteiger partial charge is 0.310 e. The Labute approximate surface area is 116 Å². The standard InChI is InChI=1S/C17H24N2/c1-3-5-9-17(19-11-4-2)16-8-6-7-14-13-18-12-10-15(14)16/h6-8,10,12-13,17,19H,3-5,9,11H2,1-2H3. The van der Waals surface area contributed by atoms with Crippen molar-refractivity contribution in [3.05, 3.63) is 42.2 Å². The monoisotopic (exact) mass is 256 g/mol. The minimum Gasteiger partial charge on any atom is -0.310 e. The van der Waals surface area contributed by atoms with Crippen molar-refractivity contribution in [3.63, 3.8) is 0 Å². The highest BCUT2D eigenvalue weighted by molar-refractivity contribution is 5.85. The summed E-state index contributed by atoms with van der Waals surface area (Å²) >= 11 is 0. The lowest BCUT2D eigenvalue weighted by atomic mass is 9.96. The van der Waals surface area contributed by atoms with Crippen LogP contribution in [0.25, 0.3) is 10.8 Å². The first-order valence-electron chi connectivity index (χ1n) is 7.42. The fourth-order valence-electron chi connectivity index (χ4n) is 2.55. The summed E-state index contributed by atoms with van der Waals surface area (Å²) in [6, 6.07) is 9.14. The number of nitrogens with zero attached hydrogens (tertiary/aromatic N) is 1. The summed E-state index contributed by atoms with van der Waals surface area (Å²) in [5, 5.41) is 6.26. The fourth-order valence-corrected chi connectivity index (χ4v) is 2.55. The molecule has 19 heavy (non-hydrogen) atoms. The number of fused-ring (bicyclic) bond motifs is 1. The molecule has 0 bridgehead atoms. The third-order valence-corrected chi connectivity index (χ3v) is 3.58. The van der Waals surface area contributed by atoms with Crippen LogP contribution in [0.5, 0.6) is 0 Å². The summed E-state index contributed by atoms with van der Waals surface area (Å²) in [6.45, 7) is 5.55. The molecule has 1 aromatic heterocycles. The quantitative estimate of drug-likeness (QED) is 0.790. The van der Waals surface area contributed by atoms with Crippen LogP contribution in [-0.4, -0.2) is 11.5 Å². The number of hydrogen-bond donors (Lipinski definition) is 1. The normalized spacial score (nSPS) is 12.7. The van der Waals surface area contributed by atoms with Gasteiger partial charge >= 0.3 is 0 Å². The lowest BCUT2D eigenvalue weighted by molar-refractivity contribution is 0.484. The molecule has 0 saturated heterocycles. The summed E-state index contributed by atoms with van der Waals surface area (Å²) in [5.41, 5.74) is 1.42. The van der Waals surface area contributed by atoms with Crippen molar-refractivity contribution < 1.29 is 0 Å². The third-order valence-electron chi connectivity index (χ3n) is 3.58. The minimum atomic E-state index is 0.464. The molecule has 1 N–H and O–H groups in total. The van der Waals surface area contributed by atoms with Gasteiger partial charge in [0.1, 0.15) is 0 Å². The zero-order valence-corrected chi connectivity index (χ0v) is 12.0. The van der Waals surface area contributed by atoms with Crippen LogP contribution in [0.4, 0.5) is 0 Å². The van der Waals surface area contributed by atoms with Crippen molar-refractivity contribution in [2.24, 2.45) is 0 Å². The zero-order chi connectivity index (χ0) is 13.5. The van der Waals surface area contributed by atoms with Gasteiger partial charge in [-0.1, -0.05) is 44.9 Å². The van der Waals surface area contributed by atoms with E-state index in [1.165, 1.54) is 42.0 Å². The molecule has 2 nitrogen and oxygen atoms in total. The van der Waals surface area contributed by atoms with Crippen LogP contribution in [0.3, 0.4) is 0 Å². The van der Waals surface area contributed by atoms with Crippen LogP contribution < -0.4 is 5.32 Å². The lowest BCUT2D eigenvalue weighted by Crippen LogP contribution is -2.22. The van der Waals surface area contributed by atoms with E-state index in [9.17, 15) is 0 Å². The zero-order valence-electron chi connectivity index (χ0n) is 12.0. The van der Waals surface area contributed by atoms with E-state index in [1.807, 2.05) is 12.4 Å². The Kier molecular flexibility index (Phi) is 5.34. The van der Waals surface area contributed by atoms with Crippen LogP contribution in [0.15, 0.2) is 36.7 Å². The van der Waals surface area contributed by atoms with Gasteiger partial charge in [0.15, 0.2) is 0 Å². The molecule has 1 atom stereocenters. The summed E-state index contributed by atoms with van der Waals surface area (Å²) < 4.78 is 0. The molecule has 0 aliphatic rings. The number of pyridine rings is 1. The van der Waals surface area contributed by atoms with Crippen molar-refractivity contribution in [2.75, 3.05) is 6.54 Å². The second-order valence-electron chi connectivity index (χ2n) is 5.09. The first kappa shape index (κ1) is 14.0. The molecule has 1 heterocycles. The van der Waals surface area contributed by atoms with Gasteiger partial charge in [-0.05, 0) is 36.4 Å². The van der Waals surface area contributed by atoms with E-state index in [2.05, 4.69) is 48.4 Å². The Hall–Kier alpha value is -1.41. The molecule has 0 saturated carbocycles. The summed E-state index contributed by atoms with van der Waals surface area (Å²) in [4.78, 5) is 4.22. The Bertz CT molecular complexity index is 494. The van der Waals surface area contributed by atoms with Crippen LogP contribution >= 0.6 is 0 Å². The highest BCUT2D eigenvalue weighted by Gasteiger charge is 2.12. The fraction of sp³-hybridized carbons (Fsp3) is 0.471. The van der Waals surface area contributed by atoms with Gasteiger partial charge in [-0.3, -0.25) is 4.98 Å². The first-order chi connectivity index (χ1) is 9.36. The molecule has 0 amide bonds. The van der Waals surface area contributed by atoms with Gasteiger partial charge in [-0.25, -0.2) is 0 Å². The second-order valence-corrected chi connectivity index (χ2v) is 5.09. The maximum Gasteiger partial charge on any atom is 0.0346 e. The van der Waals surface area contributed by atoms with E-state index in [-0.39, 0.29) is 0 Å². The minimum absolute atomic E-state index is 0.464. The van der Waals surface area contributed by atoms with Crippen LogP contribution in [-0.2, 0) is 0 Å². The van der Waals surface area contributed by atoms with Gasteiger partial charge < -0.3 is 5.32 Å². The number of hydrogen-bond acceptors (Lipinski definition) is 2. The molecule has 0 fully saturated rings. The predicted molar refractivity (Wildman–Crippen MR) is 82.3 cm³/mol. The Morgan fingerprint density at radius 2 is 2.05 bits per heavy atom. The van der Waals surface area contributed by atoms with Crippen molar-refractivity contribution in [1.29, 1.82) is 0 Å². The highest BCUT2D eigenvalue weighted by atomic mass is 14.9. The molecule has 1 aromatic carbocycles. The average molecular weight is 256 g/mol. The number of rotatable bonds is 7. The van der Waals surface area contributed by atoms with Crippen molar-refractivity contribution in [1.82, 2.24) is 10.3 Å². The van der Waals surface area contributed by atoms with Crippen molar-refractivity contribution in [3.8, 4) is 0 Å². The second kappa shape index (κ2) is 7.25. The molecule has 102 valence electrons. The van der Waals surface area contributed by atoms with Gasteiger partial charge in [0.05, 0.1) is 0 Å². The Morgan fingerprint density at radius 3 is 2.84 bits per heavy atom. The summed E-state index contributed by atoms with van der Waals surface area (Å²) in [6.07, 6.45) is 8.74. The molecular weight excluding hydrogens is 232 g/mol.